The molecule has 6 fully saturated rings. The summed E-state index contributed by atoms with van der Waals surface area (Å²) < 4.78 is 89.8. The highest BCUT2D eigenvalue weighted by Crippen LogP contribution is 2.53. The van der Waals surface area contributed by atoms with Gasteiger partial charge in [-0.15, -0.1) is 0 Å². The van der Waals surface area contributed by atoms with Crippen molar-refractivity contribution in [3.63, 3.8) is 0 Å². The van der Waals surface area contributed by atoms with Gasteiger partial charge in [-0.3, -0.25) is 14.1 Å². The van der Waals surface area contributed by atoms with Gasteiger partial charge in [-0.05, 0) is 114 Å². The number of fused-ring (bicyclic) bond motifs is 6. The van der Waals surface area contributed by atoms with Gasteiger partial charge in [0.25, 0.3) is 0 Å². The molecule has 1 aliphatic heterocycles. The van der Waals surface area contributed by atoms with Crippen molar-refractivity contribution in [1.82, 2.24) is 0 Å². The van der Waals surface area contributed by atoms with Gasteiger partial charge < -0.3 is 33.9 Å². The van der Waals surface area contributed by atoms with Crippen molar-refractivity contribution in [2.45, 2.75) is 139 Å². The first-order chi connectivity index (χ1) is 25.7. The molecule has 0 spiro atoms. The quantitative estimate of drug-likeness (QED) is 0.117. The molecule has 16 heteroatoms. The van der Waals surface area contributed by atoms with Crippen LogP contribution in [0.1, 0.15) is 110 Å². The molecule has 55 heavy (non-hydrogen) atoms. The maximum Gasteiger partial charge on any atom is 0.465 e. The fraction of sp³-hybridized carbons (Fsp3) is 0.872. The minimum absolute atomic E-state index is 0.0139. The number of ether oxygens (including phenoxy) is 5. The summed E-state index contributed by atoms with van der Waals surface area (Å²) in [6.45, 7) is 3.67. The molecular formula is C39H56F2O13S. The molecule has 1 heterocycles. The highest BCUT2D eigenvalue weighted by molar-refractivity contribution is 7.87. The first-order valence-electron chi connectivity index (χ1n) is 20.0. The molecule has 0 radical (unpaired) electrons. The fourth-order valence-electron chi connectivity index (χ4n) is 11.8. The van der Waals surface area contributed by atoms with Crippen LogP contribution < -0.4 is 0 Å². The van der Waals surface area contributed by atoms with Crippen LogP contribution in [0.25, 0.3) is 0 Å². The predicted molar refractivity (Wildman–Crippen MR) is 188 cm³/mol. The van der Waals surface area contributed by atoms with E-state index in [0.717, 1.165) is 18.4 Å². The largest absolute Gasteiger partial charge is 0.465 e. The van der Waals surface area contributed by atoms with Crippen LogP contribution >= 0.6 is 0 Å². The molecule has 0 aromatic rings. The van der Waals surface area contributed by atoms with Crippen LogP contribution in [0.2, 0.25) is 0 Å². The minimum Gasteiger partial charge on any atom is -0.465 e. The maximum absolute atomic E-state index is 14.3. The van der Waals surface area contributed by atoms with Gasteiger partial charge in [-0.2, -0.15) is 17.2 Å². The van der Waals surface area contributed by atoms with E-state index in [1.807, 2.05) is 6.08 Å². The first kappa shape index (κ1) is 40.9. The maximum atomic E-state index is 14.3. The normalized spacial score (nSPS) is 43.1. The lowest BCUT2D eigenvalue weighted by atomic mass is 9.58. The molecule has 7 rings (SSSR count). The molecule has 1 saturated heterocycles. The number of halogens is 2. The summed E-state index contributed by atoms with van der Waals surface area (Å²) in [5, 5.41) is 16.8. The van der Waals surface area contributed by atoms with Crippen LogP contribution in [0.4, 0.5) is 8.78 Å². The van der Waals surface area contributed by atoms with E-state index in [1.165, 1.54) is 0 Å². The number of hydrogen-bond donors (Lipinski definition) is 3. The third-order valence-electron chi connectivity index (χ3n) is 13.6. The third kappa shape index (κ3) is 8.50. The standard InChI is InChI=1S/C39H56F2O13S/c1-23-6-27-10-30(42)18-36(11-23,13-27)33(44)53-22-35(19-50-31(43)28-9-26-7-24(2)12-37(46,14-26)16-28)20-51-32(52-21-35)29-8-25-4-3-5-38(15-25,17-29)54-34(45)39(40,41)55(47,48)49/h8,23-24,26-30,32,42,46H,3-7,9-22H2,1-2H3,(H,47,48,49). The Kier molecular flexibility index (Phi) is 11.1. The average Bonchev–Trinajstić information content (AvgIpc) is 3.07. The van der Waals surface area contributed by atoms with E-state index in [0.29, 0.717) is 70.1 Å². The van der Waals surface area contributed by atoms with Crippen LogP contribution in [0, 0.1) is 46.3 Å². The van der Waals surface area contributed by atoms with Gasteiger partial charge in [0.1, 0.15) is 18.8 Å². The Labute approximate surface area is 320 Å². The lowest BCUT2D eigenvalue weighted by molar-refractivity contribution is -0.267. The van der Waals surface area contributed by atoms with E-state index in [9.17, 15) is 41.8 Å². The highest BCUT2D eigenvalue weighted by Gasteiger charge is 2.58. The topological polar surface area (TPSA) is 192 Å². The van der Waals surface area contributed by atoms with E-state index in [1.54, 1.807) is 0 Å². The van der Waals surface area contributed by atoms with Gasteiger partial charge in [-0.25, -0.2) is 4.79 Å². The molecule has 13 nitrogen and oxygen atoms in total. The van der Waals surface area contributed by atoms with E-state index in [4.69, 9.17) is 28.2 Å². The Hall–Kier alpha value is -2.24. The Morgan fingerprint density at radius 3 is 2.27 bits per heavy atom. The second kappa shape index (κ2) is 14.9. The molecule has 5 saturated carbocycles. The van der Waals surface area contributed by atoms with Gasteiger partial charge in [0.05, 0.1) is 41.7 Å². The van der Waals surface area contributed by atoms with Crippen LogP contribution in [0.3, 0.4) is 0 Å². The SMILES string of the molecule is CC1CC2CC(C(=O)OCC3(COC(=O)C45CC(C)CC(CC(O)C4)C5)COC(C4C=C5CCCC(OC(=O)C(F)(F)S(=O)(=O)O)(C5)C4)OC3)CC(O)(C1)C2. The Morgan fingerprint density at radius 2 is 1.58 bits per heavy atom. The van der Waals surface area contributed by atoms with Crippen molar-refractivity contribution < 1.29 is 70.0 Å². The molecule has 310 valence electrons. The van der Waals surface area contributed by atoms with Crippen molar-refractivity contribution in [2.75, 3.05) is 26.4 Å². The summed E-state index contributed by atoms with van der Waals surface area (Å²) in [5.41, 5.74) is -3.53. The molecule has 3 N–H and O–H groups in total. The summed E-state index contributed by atoms with van der Waals surface area (Å²) in [7, 11) is -6.06. The summed E-state index contributed by atoms with van der Waals surface area (Å²) >= 11 is 0. The number of esters is 3. The van der Waals surface area contributed by atoms with Gasteiger partial charge in [0, 0.05) is 12.3 Å². The Balaban J connectivity index is 1.05. The molecular weight excluding hydrogens is 746 g/mol. The van der Waals surface area contributed by atoms with E-state index in [2.05, 4.69) is 13.8 Å². The monoisotopic (exact) mass is 802 g/mol. The molecule has 10 atom stereocenters. The van der Waals surface area contributed by atoms with Crippen LogP contribution in [0.15, 0.2) is 11.6 Å². The van der Waals surface area contributed by atoms with Gasteiger partial charge in [0.15, 0.2) is 6.29 Å². The number of rotatable bonds is 10. The average molecular weight is 803 g/mol. The molecule has 10 unspecified atom stereocenters. The third-order valence-corrected chi connectivity index (χ3v) is 14.4. The number of alkyl halides is 2. The molecule has 0 aromatic heterocycles. The van der Waals surface area contributed by atoms with E-state index in [-0.39, 0.29) is 63.4 Å². The Morgan fingerprint density at radius 1 is 0.909 bits per heavy atom. The van der Waals surface area contributed by atoms with Crippen molar-refractivity contribution >= 4 is 28.0 Å². The molecule has 6 bridgehead atoms. The highest BCUT2D eigenvalue weighted by atomic mass is 32.2. The van der Waals surface area contributed by atoms with Gasteiger partial charge in [0.2, 0.25) is 0 Å². The lowest BCUT2D eigenvalue weighted by Gasteiger charge is -2.48. The van der Waals surface area contributed by atoms with Crippen molar-refractivity contribution in [1.29, 1.82) is 0 Å². The number of carbonyl (C=O) groups excluding carboxylic acids is 3. The second-order valence-electron chi connectivity index (χ2n) is 18.9. The smallest absolute Gasteiger partial charge is 0.465 e. The van der Waals surface area contributed by atoms with Crippen LogP contribution in [-0.4, -0.2) is 96.4 Å². The minimum atomic E-state index is -6.06. The molecule has 0 aromatic carbocycles. The molecule has 0 amide bonds. The summed E-state index contributed by atoms with van der Waals surface area (Å²) in [6, 6.07) is 0. The zero-order chi connectivity index (χ0) is 39.6. The number of aliphatic hydroxyl groups is 2. The number of carbonyl (C=O) groups is 3. The van der Waals surface area contributed by atoms with E-state index >= 15 is 0 Å². The summed E-state index contributed by atoms with van der Waals surface area (Å²) in [5.74, 6) is -3.20. The zero-order valence-electron chi connectivity index (χ0n) is 31.7. The predicted octanol–water partition coefficient (Wildman–Crippen LogP) is 4.87. The van der Waals surface area contributed by atoms with Gasteiger partial charge >= 0.3 is 33.3 Å². The fourth-order valence-corrected chi connectivity index (χ4v) is 12.1. The van der Waals surface area contributed by atoms with Crippen LogP contribution in [-0.2, 0) is 48.2 Å². The molecule has 6 aliphatic carbocycles. The van der Waals surface area contributed by atoms with Crippen molar-refractivity contribution in [3.05, 3.63) is 11.6 Å². The lowest BCUT2D eigenvalue weighted by Crippen LogP contribution is -2.54. The number of aliphatic hydroxyl groups excluding tert-OH is 1. The Bertz CT molecular complexity index is 1620. The number of hydrogen-bond acceptors (Lipinski definition) is 12. The van der Waals surface area contributed by atoms with Crippen molar-refractivity contribution in [2.24, 2.45) is 46.3 Å². The van der Waals surface area contributed by atoms with E-state index < -0.39 is 79.5 Å². The zero-order valence-corrected chi connectivity index (χ0v) is 32.5. The second-order valence-corrected chi connectivity index (χ2v) is 20.4. The van der Waals surface area contributed by atoms with Crippen molar-refractivity contribution in [3.8, 4) is 0 Å². The first-order valence-corrected chi connectivity index (χ1v) is 21.4. The summed E-state index contributed by atoms with van der Waals surface area (Å²) in [4.78, 5) is 40.0. The van der Waals surface area contributed by atoms with Crippen LogP contribution in [0.5, 0.6) is 0 Å². The summed E-state index contributed by atoms with van der Waals surface area (Å²) in [6.07, 6.45) is 8.02. The molecule has 7 aliphatic rings. The van der Waals surface area contributed by atoms with Gasteiger partial charge in [-0.1, -0.05) is 25.5 Å².